The lowest BCUT2D eigenvalue weighted by molar-refractivity contribution is -0.403. The highest BCUT2D eigenvalue weighted by Gasteiger charge is 2.41. The Kier molecular flexibility index (Phi) is 1.78. The van der Waals surface area contributed by atoms with Gasteiger partial charge in [0.25, 0.3) is 0 Å². The van der Waals surface area contributed by atoms with Crippen LogP contribution in [0.2, 0.25) is 0 Å². The summed E-state index contributed by atoms with van der Waals surface area (Å²) >= 11 is 0. The Hall–Kier alpha value is -1.18. The molecular weight excluding hydrogens is 177 g/mol. The van der Waals surface area contributed by atoms with Gasteiger partial charge in [-0.1, -0.05) is 0 Å². The number of benzene rings is 1. The van der Waals surface area contributed by atoms with Crippen molar-refractivity contribution in [3.05, 3.63) is 29.6 Å². The van der Waals surface area contributed by atoms with Crippen LogP contribution in [-0.2, 0) is 5.41 Å². The molecule has 0 fully saturated rings. The molecule has 0 atom stereocenters. The molecule has 0 saturated heterocycles. The predicted octanol–water partition coefficient (Wildman–Crippen LogP) is 2.85. The first kappa shape index (κ1) is 9.38. The fourth-order valence-corrected chi connectivity index (χ4v) is 2.10. The summed E-state index contributed by atoms with van der Waals surface area (Å²) in [6.07, 6.45) is 0. The zero-order valence-corrected chi connectivity index (χ0v) is 9.06. The molecule has 74 valence electrons. The third kappa shape index (κ3) is 1.03. The Balaban J connectivity index is 2.73. The molecule has 14 heavy (non-hydrogen) atoms. The fraction of sp³-hybridized carbons (Fsp3) is 0.417. The van der Waals surface area contributed by atoms with Crippen LogP contribution in [0.4, 0.5) is 10.1 Å². The molecule has 1 aliphatic rings. The minimum absolute atomic E-state index is 0.0494. The van der Waals surface area contributed by atoms with Gasteiger partial charge in [0.15, 0.2) is 5.71 Å². The van der Waals surface area contributed by atoms with Crippen molar-refractivity contribution in [2.24, 2.45) is 0 Å². The molecule has 0 aromatic heterocycles. The highest BCUT2D eigenvalue weighted by molar-refractivity contribution is 5.93. The Labute approximate surface area is 83.9 Å². The van der Waals surface area contributed by atoms with Gasteiger partial charge in [-0.15, -0.1) is 0 Å². The third-order valence-electron chi connectivity index (χ3n) is 3.40. The van der Waals surface area contributed by atoms with Gasteiger partial charge in [-0.05, 0) is 26.0 Å². The zero-order valence-electron chi connectivity index (χ0n) is 9.06. The van der Waals surface area contributed by atoms with Crippen molar-refractivity contribution < 1.29 is 8.97 Å². The minimum Gasteiger partial charge on any atom is -0.207 e. The second-order valence-electron chi connectivity index (χ2n) is 4.43. The average Bonchev–Trinajstić information content (AvgIpc) is 2.29. The summed E-state index contributed by atoms with van der Waals surface area (Å²) in [5, 5.41) is 0. The fourth-order valence-electron chi connectivity index (χ4n) is 2.10. The van der Waals surface area contributed by atoms with Gasteiger partial charge in [0.05, 0.1) is 5.41 Å². The van der Waals surface area contributed by atoms with Gasteiger partial charge >= 0.3 is 0 Å². The number of halogens is 1. The van der Waals surface area contributed by atoms with Gasteiger partial charge in [-0.3, -0.25) is 0 Å². The van der Waals surface area contributed by atoms with Crippen LogP contribution in [0, 0.1) is 5.82 Å². The summed E-state index contributed by atoms with van der Waals surface area (Å²) in [7, 11) is 2.03. The van der Waals surface area contributed by atoms with Crippen molar-refractivity contribution in [1.29, 1.82) is 0 Å². The number of hydrogen-bond donors (Lipinski definition) is 0. The van der Waals surface area contributed by atoms with Crippen LogP contribution < -0.4 is 0 Å². The van der Waals surface area contributed by atoms with E-state index in [4.69, 9.17) is 0 Å². The predicted molar refractivity (Wildman–Crippen MR) is 56.0 cm³/mol. The molecule has 1 aromatic carbocycles. The molecule has 2 rings (SSSR count). The number of fused-ring (bicyclic) bond motifs is 1. The largest absolute Gasteiger partial charge is 0.209 e. The summed E-state index contributed by atoms with van der Waals surface area (Å²) in [5.74, 6) is -0.153. The molecule has 0 amide bonds. The summed E-state index contributed by atoms with van der Waals surface area (Å²) in [6, 6.07) is 5.01. The molecule has 0 saturated carbocycles. The molecular formula is C12H15FN+. The third-order valence-corrected chi connectivity index (χ3v) is 3.40. The van der Waals surface area contributed by atoms with Crippen LogP contribution in [0.3, 0.4) is 0 Å². The van der Waals surface area contributed by atoms with Crippen molar-refractivity contribution in [2.45, 2.75) is 26.2 Å². The van der Waals surface area contributed by atoms with Gasteiger partial charge in [0.2, 0.25) is 5.69 Å². The van der Waals surface area contributed by atoms with Crippen LogP contribution in [0.15, 0.2) is 18.2 Å². The Morgan fingerprint density at radius 3 is 2.57 bits per heavy atom. The summed E-state index contributed by atoms with van der Waals surface area (Å²) in [4.78, 5) is 0. The molecule has 1 aromatic rings. The van der Waals surface area contributed by atoms with E-state index in [0.29, 0.717) is 0 Å². The first-order chi connectivity index (χ1) is 6.44. The Bertz CT molecular complexity index is 430. The second-order valence-corrected chi connectivity index (χ2v) is 4.43. The van der Waals surface area contributed by atoms with E-state index in [2.05, 4.69) is 25.3 Å². The highest BCUT2D eigenvalue weighted by Crippen LogP contribution is 2.38. The lowest BCUT2D eigenvalue weighted by Gasteiger charge is -2.14. The molecule has 2 heteroatoms. The van der Waals surface area contributed by atoms with Gasteiger partial charge in [-0.25, -0.2) is 8.97 Å². The maximum atomic E-state index is 13.1. The van der Waals surface area contributed by atoms with Gasteiger partial charge < -0.3 is 0 Å². The standard InChI is InChI=1S/C12H15FN/c1-8-12(2,3)10-7-9(13)5-6-11(10)14(8)4/h5-7H,1-4H3/q+1. The van der Waals surface area contributed by atoms with E-state index in [1.165, 1.54) is 11.8 Å². The quantitative estimate of drug-likeness (QED) is 0.556. The topological polar surface area (TPSA) is 3.01 Å². The summed E-state index contributed by atoms with van der Waals surface area (Å²) in [6.45, 7) is 6.35. The Morgan fingerprint density at radius 2 is 1.93 bits per heavy atom. The van der Waals surface area contributed by atoms with E-state index in [0.717, 1.165) is 11.3 Å². The SMILES string of the molecule is CC1=[N+](C)c2ccc(F)cc2C1(C)C. The normalized spacial score (nSPS) is 18.6. The zero-order chi connectivity index (χ0) is 10.5. The molecule has 0 spiro atoms. The monoisotopic (exact) mass is 192 g/mol. The molecule has 0 N–H and O–H groups in total. The maximum absolute atomic E-state index is 13.1. The summed E-state index contributed by atoms with van der Waals surface area (Å²) in [5.41, 5.74) is 3.41. The molecule has 0 radical (unpaired) electrons. The molecule has 0 bridgehead atoms. The van der Waals surface area contributed by atoms with Crippen molar-refractivity contribution in [3.63, 3.8) is 0 Å². The van der Waals surface area contributed by atoms with Crippen molar-refractivity contribution in [1.82, 2.24) is 0 Å². The maximum Gasteiger partial charge on any atom is 0.209 e. The minimum atomic E-state index is -0.153. The molecule has 0 unspecified atom stereocenters. The smallest absolute Gasteiger partial charge is 0.207 e. The lowest BCUT2D eigenvalue weighted by Crippen LogP contribution is -2.25. The second kappa shape index (κ2) is 2.66. The van der Waals surface area contributed by atoms with Gasteiger partial charge in [0.1, 0.15) is 12.9 Å². The molecule has 1 heterocycles. The van der Waals surface area contributed by atoms with Crippen LogP contribution >= 0.6 is 0 Å². The first-order valence-electron chi connectivity index (χ1n) is 4.82. The summed E-state index contributed by atoms with van der Waals surface area (Å²) < 4.78 is 15.3. The van der Waals surface area contributed by atoms with Crippen LogP contribution in [0.1, 0.15) is 26.3 Å². The van der Waals surface area contributed by atoms with E-state index in [9.17, 15) is 4.39 Å². The van der Waals surface area contributed by atoms with E-state index in [1.807, 2.05) is 13.1 Å². The average molecular weight is 192 g/mol. The molecule has 1 aliphatic heterocycles. The van der Waals surface area contributed by atoms with Crippen LogP contribution in [-0.4, -0.2) is 17.3 Å². The van der Waals surface area contributed by atoms with E-state index >= 15 is 0 Å². The van der Waals surface area contributed by atoms with Crippen LogP contribution in [0.25, 0.3) is 0 Å². The number of rotatable bonds is 0. The van der Waals surface area contributed by atoms with Crippen molar-refractivity contribution in [3.8, 4) is 0 Å². The van der Waals surface area contributed by atoms with E-state index in [1.54, 1.807) is 6.07 Å². The lowest BCUT2D eigenvalue weighted by atomic mass is 9.82. The van der Waals surface area contributed by atoms with Crippen molar-refractivity contribution in [2.75, 3.05) is 7.05 Å². The van der Waals surface area contributed by atoms with Gasteiger partial charge in [-0.2, -0.15) is 0 Å². The number of nitrogens with zero attached hydrogens (tertiary/aromatic N) is 1. The molecule has 1 nitrogen and oxygen atoms in total. The van der Waals surface area contributed by atoms with Crippen LogP contribution in [0.5, 0.6) is 0 Å². The number of hydrogen-bond acceptors (Lipinski definition) is 0. The van der Waals surface area contributed by atoms with E-state index < -0.39 is 0 Å². The molecule has 0 aliphatic carbocycles. The first-order valence-corrected chi connectivity index (χ1v) is 4.82. The van der Waals surface area contributed by atoms with Crippen molar-refractivity contribution >= 4 is 11.4 Å². The van der Waals surface area contributed by atoms with Gasteiger partial charge in [0, 0.05) is 18.6 Å². The Morgan fingerprint density at radius 1 is 1.29 bits per heavy atom. The highest BCUT2D eigenvalue weighted by atomic mass is 19.1. The van der Waals surface area contributed by atoms with E-state index in [-0.39, 0.29) is 11.2 Å².